The Balaban J connectivity index is 1.56. The molecule has 4 rings (SSSR count). The van der Waals surface area contributed by atoms with Crippen molar-refractivity contribution >= 4 is 23.4 Å². The molecule has 0 saturated heterocycles. The monoisotopic (exact) mass is 366 g/mol. The highest BCUT2D eigenvalue weighted by Gasteiger charge is 2.61. The molecule has 0 amide bonds. The van der Waals surface area contributed by atoms with Gasteiger partial charge in [0.25, 0.3) is 0 Å². The van der Waals surface area contributed by atoms with Gasteiger partial charge in [0.2, 0.25) is 0 Å². The van der Waals surface area contributed by atoms with E-state index in [1.165, 1.54) is 25.7 Å². The zero-order chi connectivity index (χ0) is 17.8. The average molecular weight is 367 g/mol. The molecule has 0 bridgehead atoms. The molecular weight excluding hydrogens is 336 g/mol. The number of hydrogen-bond donors (Lipinski definition) is 0. The maximum absolute atomic E-state index is 12.0. The van der Waals surface area contributed by atoms with Crippen LogP contribution in [0, 0.1) is 34.5 Å². The van der Waals surface area contributed by atoms with E-state index in [1.54, 1.807) is 0 Å². The van der Waals surface area contributed by atoms with Crippen LogP contribution in [0.5, 0.6) is 0 Å². The van der Waals surface area contributed by atoms with Gasteiger partial charge in [-0.3, -0.25) is 9.59 Å². The smallest absolute Gasteiger partial charge is 0.321 e. The Kier molecular flexibility index (Phi) is 4.46. The first-order valence-electron chi connectivity index (χ1n) is 10.2. The molecule has 0 aromatic carbocycles. The van der Waals surface area contributed by atoms with Gasteiger partial charge in [-0.15, -0.1) is 11.6 Å². The summed E-state index contributed by atoms with van der Waals surface area (Å²) in [6, 6.07) is 0. The lowest BCUT2D eigenvalue weighted by Gasteiger charge is -2.60. The lowest BCUT2D eigenvalue weighted by atomic mass is 9.45. The summed E-state index contributed by atoms with van der Waals surface area (Å²) in [5.74, 6) is 2.93. The Labute approximate surface area is 156 Å². The second-order valence-electron chi connectivity index (χ2n) is 9.63. The minimum Gasteiger partial charge on any atom is -0.461 e. The number of carbonyl (C=O) groups is 2. The van der Waals surface area contributed by atoms with Crippen molar-refractivity contribution in [3.8, 4) is 0 Å². The fraction of sp³-hybridized carbons (Fsp3) is 0.905. The standard InChI is InChI=1S/C21H31ClO3/c1-20-9-7-14(23)11-13(20)3-4-15-16-5-6-18(25-19(24)12-22)21(16,2)10-8-17(15)20/h13,15-18H,3-12H2,1-2H3/t13?,15-,16-,17+,18?,20-,21-/m0/s1. The topological polar surface area (TPSA) is 43.4 Å². The molecule has 7 atom stereocenters. The molecule has 0 spiro atoms. The van der Waals surface area contributed by atoms with Gasteiger partial charge < -0.3 is 4.74 Å². The SMILES string of the molecule is C[C@]12CCC(=O)CC1CC[C@@H]1[C@H]2CC[C@]2(C)C(OC(=O)CCl)CC[C@@H]12. The summed E-state index contributed by atoms with van der Waals surface area (Å²) in [4.78, 5) is 23.7. The first kappa shape index (κ1) is 17.8. The van der Waals surface area contributed by atoms with Crippen LogP contribution in [0.3, 0.4) is 0 Å². The number of alkyl halides is 1. The van der Waals surface area contributed by atoms with Crippen LogP contribution in [0.4, 0.5) is 0 Å². The number of carbonyl (C=O) groups excluding carboxylic acids is 2. The summed E-state index contributed by atoms with van der Waals surface area (Å²) < 4.78 is 5.74. The first-order chi connectivity index (χ1) is 11.9. The van der Waals surface area contributed by atoms with Gasteiger partial charge in [0.05, 0.1) is 0 Å². The van der Waals surface area contributed by atoms with Crippen molar-refractivity contribution in [3.05, 3.63) is 0 Å². The van der Waals surface area contributed by atoms with Crippen molar-refractivity contribution in [2.45, 2.75) is 77.7 Å². The van der Waals surface area contributed by atoms with E-state index in [1.807, 2.05) is 0 Å². The van der Waals surface area contributed by atoms with Gasteiger partial charge in [0, 0.05) is 18.3 Å². The van der Waals surface area contributed by atoms with Crippen LogP contribution in [-0.4, -0.2) is 23.7 Å². The molecule has 0 heterocycles. The Morgan fingerprint density at radius 1 is 1.08 bits per heavy atom. The summed E-state index contributed by atoms with van der Waals surface area (Å²) >= 11 is 5.67. The predicted molar refractivity (Wildman–Crippen MR) is 97.3 cm³/mol. The Hall–Kier alpha value is -0.570. The number of ketones is 1. The molecule has 4 aliphatic carbocycles. The summed E-state index contributed by atoms with van der Waals surface area (Å²) in [5.41, 5.74) is 0.472. The molecule has 0 aliphatic heterocycles. The highest BCUT2D eigenvalue weighted by Crippen LogP contribution is 2.66. The van der Waals surface area contributed by atoms with E-state index < -0.39 is 0 Å². The van der Waals surface area contributed by atoms with E-state index in [2.05, 4.69) is 13.8 Å². The minimum atomic E-state index is -0.267. The maximum atomic E-state index is 12.0. The molecule has 0 N–H and O–H groups in total. The molecule has 2 unspecified atom stereocenters. The van der Waals surface area contributed by atoms with Crippen LogP contribution >= 0.6 is 11.6 Å². The third-order valence-electron chi connectivity index (χ3n) is 8.78. The van der Waals surface area contributed by atoms with Crippen molar-refractivity contribution in [3.63, 3.8) is 0 Å². The molecule has 4 fully saturated rings. The molecule has 25 heavy (non-hydrogen) atoms. The number of rotatable bonds is 2. The van der Waals surface area contributed by atoms with E-state index in [0.717, 1.165) is 43.9 Å². The number of hydrogen-bond acceptors (Lipinski definition) is 3. The fourth-order valence-corrected chi connectivity index (χ4v) is 7.44. The van der Waals surface area contributed by atoms with E-state index in [9.17, 15) is 9.59 Å². The average Bonchev–Trinajstić information content (AvgIpc) is 2.92. The fourth-order valence-electron chi connectivity index (χ4n) is 7.38. The molecule has 4 aliphatic rings. The molecule has 140 valence electrons. The van der Waals surface area contributed by atoms with Crippen LogP contribution in [0.2, 0.25) is 0 Å². The predicted octanol–water partition coefficient (Wildman–Crippen LogP) is 4.75. The zero-order valence-corrected chi connectivity index (χ0v) is 16.3. The van der Waals surface area contributed by atoms with E-state index in [4.69, 9.17) is 16.3 Å². The van der Waals surface area contributed by atoms with Crippen molar-refractivity contribution in [1.29, 1.82) is 0 Å². The molecule has 4 saturated carbocycles. The third-order valence-corrected chi connectivity index (χ3v) is 9.00. The summed E-state index contributed by atoms with van der Waals surface area (Å²) in [7, 11) is 0. The third kappa shape index (κ3) is 2.67. The maximum Gasteiger partial charge on any atom is 0.321 e. The molecule has 0 aromatic heterocycles. The molecule has 3 nitrogen and oxygen atoms in total. The van der Waals surface area contributed by atoms with Gasteiger partial charge >= 0.3 is 5.97 Å². The first-order valence-corrected chi connectivity index (χ1v) is 10.7. The molecule has 4 heteroatoms. The quantitative estimate of drug-likeness (QED) is 0.523. The van der Waals surface area contributed by atoms with Crippen LogP contribution in [0.1, 0.15) is 71.6 Å². The lowest BCUT2D eigenvalue weighted by molar-refractivity contribution is -0.161. The van der Waals surface area contributed by atoms with Crippen LogP contribution < -0.4 is 0 Å². The second kappa shape index (κ2) is 6.25. The van der Waals surface area contributed by atoms with Gasteiger partial charge in [-0.25, -0.2) is 0 Å². The number of fused-ring (bicyclic) bond motifs is 5. The molecular formula is C21H31ClO3. The minimum absolute atomic E-state index is 0.0446. The van der Waals surface area contributed by atoms with Crippen molar-refractivity contribution < 1.29 is 14.3 Å². The number of Topliss-reactive ketones (excluding diaryl/α,β-unsaturated/α-hetero) is 1. The van der Waals surface area contributed by atoms with E-state index >= 15 is 0 Å². The Morgan fingerprint density at radius 3 is 2.60 bits per heavy atom. The van der Waals surface area contributed by atoms with Crippen molar-refractivity contribution in [2.24, 2.45) is 34.5 Å². The van der Waals surface area contributed by atoms with Crippen LogP contribution in [0.15, 0.2) is 0 Å². The van der Waals surface area contributed by atoms with Crippen LogP contribution in [0.25, 0.3) is 0 Å². The normalized spacial score (nSPS) is 49.1. The summed E-state index contributed by atoms with van der Waals surface area (Å²) in [5, 5.41) is 0. The lowest BCUT2D eigenvalue weighted by Crippen LogP contribution is -2.54. The van der Waals surface area contributed by atoms with Gasteiger partial charge in [-0.2, -0.15) is 0 Å². The zero-order valence-electron chi connectivity index (χ0n) is 15.6. The highest BCUT2D eigenvalue weighted by atomic mass is 35.5. The summed E-state index contributed by atoms with van der Waals surface area (Å²) in [6.07, 6.45) is 9.75. The van der Waals surface area contributed by atoms with Crippen molar-refractivity contribution in [2.75, 3.05) is 5.88 Å². The van der Waals surface area contributed by atoms with Crippen LogP contribution in [-0.2, 0) is 14.3 Å². The Morgan fingerprint density at radius 2 is 1.84 bits per heavy atom. The number of ether oxygens (including phenoxy) is 1. The highest BCUT2D eigenvalue weighted by molar-refractivity contribution is 6.26. The molecule has 0 radical (unpaired) electrons. The largest absolute Gasteiger partial charge is 0.461 e. The van der Waals surface area contributed by atoms with Gasteiger partial charge in [0.1, 0.15) is 17.8 Å². The number of esters is 1. The van der Waals surface area contributed by atoms with E-state index in [-0.39, 0.29) is 23.4 Å². The van der Waals surface area contributed by atoms with E-state index in [0.29, 0.717) is 23.0 Å². The van der Waals surface area contributed by atoms with Gasteiger partial charge in [-0.05, 0) is 74.0 Å². The second-order valence-corrected chi connectivity index (χ2v) is 9.90. The van der Waals surface area contributed by atoms with Gasteiger partial charge in [-0.1, -0.05) is 13.8 Å². The Bertz CT molecular complexity index is 575. The summed E-state index contributed by atoms with van der Waals surface area (Å²) in [6.45, 7) is 4.83. The number of halogens is 1. The van der Waals surface area contributed by atoms with Crippen molar-refractivity contribution in [1.82, 2.24) is 0 Å². The van der Waals surface area contributed by atoms with Gasteiger partial charge in [0.15, 0.2) is 0 Å². The molecule has 0 aromatic rings.